The van der Waals surface area contributed by atoms with E-state index >= 15 is 0 Å². The summed E-state index contributed by atoms with van der Waals surface area (Å²) >= 11 is 0. The highest BCUT2D eigenvalue weighted by Gasteiger charge is 2.53. The average molecular weight is 392 g/mol. The number of nitrogens with one attached hydrogen (secondary N) is 1. The van der Waals surface area contributed by atoms with E-state index in [9.17, 15) is 9.59 Å². The summed E-state index contributed by atoms with van der Waals surface area (Å²) in [6, 6.07) is 18.1. The fourth-order valence-electron chi connectivity index (χ4n) is 4.26. The molecule has 1 heterocycles. The lowest BCUT2D eigenvalue weighted by Crippen LogP contribution is -2.52. The Morgan fingerprint density at radius 2 is 1.59 bits per heavy atom. The molecule has 0 atom stereocenters. The summed E-state index contributed by atoms with van der Waals surface area (Å²) in [5.41, 5.74) is 2.88. The number of carbonyl (C=O) groups is 2. The van der Waals surface area contributed by atoms with E-state index in [0.717, 1.165) is 49.2 Å². The zero-order valence-electron chi connectivity index (χ0n) is 17.1. The Morgan fingerprint density at radius 3 is 2.24 bits per heavy atom. The molecular formula is C24H29N3O2. The van der Waals surface area contributed by atoms with E-state index in [-0.39, 0.29) is 17.2 Å². The number of para-hydroxylation sites is 1. The summed E-state index contributed by atoms with van der Waals surface area (Å²) in [6.45, 7) is 5.30. The standard InChI is InChI=1S/C24H29N3O2/c1-2-19-8-6-7-11-21(19)25-22(28)18-26-14-16-27(17-15-26)23(29)24(12-13-24)20-9-4-3-5-10-20/h3-11H,2,12-18H2,1H3,(H,25,28). The summed E-state index contributed by atoms with van der Waals surface area (Å²) in [7, 11) is 0. The maximum absolute atomic E-state index is 13.2. The van der Waals surface area contributed by atoms with Gasteiger partial charge in [-0.1, -0.05) is 55.5 Å². The molecule has 0 unspecified atom stereocenters. The van der Waals surface area contributed by atoms with Crippen molar-refractivity contribution in [1.82, 2.24) is 9.80 Å². The molecule has 152 valence electrons. The lowest BCUT2D eigenvalue weighted by molar-refractivity contribution is -0.135. The molecule has 29 heavy (non-hydrogen) atoms. The number of anilines is 1. The van der Waals surface area contributed by atoms with E-state index in [1.807, 2.05) is 47.4 Å². The van der Waals surface area contributed by atoms with Crippen LogP contribution in [0.1, 0.15) is 30.9 Å². The molecule has 4 rings (SSSR count). The van der Waals surface area contributed by atoms with Crippen molar-refractivity contribution in [2.45, 2.75) is 31.6 Å². The van der Waals surface area contributed by atoms with Crippen LogP contribution in [0.5, 0.6) is 0 Å². The highest BCUT2D eigenvalue weighted by atomic mass is 16.2. The van der Waals surface area contributed by atoms with E-state index in [2.05, 4.69) is 29.3 Å². The first-order valence-electron chi connectivity index (χ1n) is 10.6. The zero-order valence-corrected chi connectivity index (χ0v) is 17.1. The number of rotatable bonds is 6. The Morgan fingerprint density at radius 1 is 0.931 bits per heavy atom. The molecule has 2 aliphatic rings. The average Bonchev–Trinajstić information content (AvgIpc) is 3.57. The molecule has 2 aromatic rings. The molecule has 1 N–H and O–H groups in total. The van der Waals surface area contributed by atoms with Crippen LogP contribution < -0.4 is 5.32 Å². The smallest absolute Gasteiger partial charge is 0.238 e. The van der Waals surface area contributed by atoms with Crippen molar-refractivity contribution in [3.63, 3.8) is 0 Å². The lowest BCUT2D eigenvalue weighted by Gasteiger charge is -2.36. The van der Waals surface area contributed by atoms with Gasteiger partial charge in [0, 0.05) is 31.9 Å². The normalized spacial score (nSPS) is 18.3. The van der Waals surface area contributed by atoms with Gasteiger partial charge in [0.2, 0.25) is 11.8 Å². The second-order valence-corrected chi connectivity index (χ2v) is 8.08. The van der Waals surface area contributed by atoms with Crippen LogP contribution in [0.2, 0.25) is 0 Å². The highest BCUT2D eigenvalue weighted by molar-refractivity contribution is 5.93. The molecule has 1 saturated carbocycles. The van der Waals surface area contributed by atoms with Gasteiger partial charge in [0.25, 0.3) is 0 Å². The first-order valence-corrected chi connectivity index (χ1v) is 10.6. The first-order chi connectivity index (χ1) is 14.1. The Kier molecular flexibility index (Phi) is 5.67. The van der Waals surface area contributed by atoms with Gasteiger partial charge in [-0.2, -0.15) is 0 Å². The van der Waals surface area contributed by atoms with Crippen LogP contribution in [0.4, 0.5) is 5.69 Å². The van der Waals surface area contributed by atoms with Crippen LogP contribution in [0.3, 0.4) is 0 Å². The summed E-state index contributed by atoms with van der Waals surface area (Å²) in [5, 5.41) is 3.04. The molecule has 0 bridgehead atoms. The van der Waals surface area contributed by atoms with Gasteiger partial charge in [-0.05, 0) is 36.5 Å². The molecule has 0 spiro atoms. The van der Waals surface area contributed by atoms with E-state index in [1.165, 1.54) is 0 Å². The van der Waals surface area contributed by atoms with Gasteiger partial charge in [0.1, 0.15) is 0 Å². The second-order valence-electron chi connectivity index (χ2n) is 8.08. The molecule has 1 saturated heterocycles. The number of piperazine rings is 1. The van der Waals surface area contributed by atoms with Gasteiger partial charge in [-0.25, -0.2) is 0 Å². The third kappa shape index (κ3) is 4.20. The van der Waals surface area contributed by atoms with Gasteiger partial charge in [-0.3, -0.25) is 14.5 Å². The first kappa shape index (κ1) is 19.6. The number of aryl methyl sites for hydroxylation is 1. The molecule has 1 aliphatic carbocycles. The van der Waals surface area contributed by atoms with Crippen LogP contribution in [-0.2, 0) is 21.4 Å². The highest BCUT2D eigenvalue weighted by Crippen LogP contribution is 2.49. The Balaban J connectivity index is 1.30. The molecule has 5 nitrogen and oxygen atoms in total. The van der Waals surface area contributed by atoms with Crippen LogP contribution in [0.25, 0.3) is 0 Å². The van der Waals surface area contributed by atoms with Crippen molar-refractivity contribution in [3.8, 4) is 0 Å². The quantitative estimate of drug-likeness (QED) is 0.823. The van der Waals surface area contributed by atoms with E-state index in [0.29, 0.717) is 19.6 Å². The van der Waals surface area contributed by atoms with Gasteiger partial charge in [0.05, 0.1) is 12.0 Å². The van der Waals surface area contributed by atoms with Crippen molar-refractivity contribution in [2.75, 3.05) is 38.0 Å². The summed E-state index contributed by atoms with van der Waals surface area (Å²) < 4.78 is 0. The van der Waals surface area contributed by atoms with Crippen molar-refractivity contribution in [1.29, 1.82) is 0 Å². The number of carbonyl (C=O) groups excluding carboxylic acids is 2. The third-order valence-corrected chi connectivity index (χ3v) is 6.18. The van der Waals surface area contributed by atoms with Gasteiger partial charge in [-0.15, -0.1) is 0 Å². The zero-order chi connectivity index (χ0) is 20.3. The van der Waals surface area contributed by atoms with Gasteiger partial charge >= 0.3 is 0 Å². The van der Waals surface area contributed by atoms with Crippen molar-refractivity contribution in [2.24, 2.45) is 0 Å². The fraction of sp³-hybridized carbons (Fsp3) is 0.417. The third-order valence-electron chi connectivity index (χ3n) is 6.18. The number of amides is 2. The number of benzene rings is 2. The molecular weight excluding hydrogens is 362 g/mol. The molecule has 2 amide bonds. The maximum Gasteiger partial charge on any atom is 0.238 e. The van der Waals surface area contributed by atoms with Crippen LogP contribution >= 0.6 is 0 Å². The minimum absolute atomic E-state index is 0.00799. The van der Waals surface area contributed by atoms with Crippen LogP contribution in [0, 0.1) is 0 Å². The fourth-order valence-corrected chi connectivity index (χ4v) is 4.26. The van der Waals surface area contributed by atoms with E-state index < -0.39 is 0 Å². The van der Waals surface area contributed by atoms with Gasteiger partial charge < -0.3 is 10.2 Å². The largest absolute Gasteiger partial charge is 0.339 e. The predicted molar refractivity (Wildman–Crippen MR) is 115 cm³/mol. The topological polar surface area (TPSA) is 52.7 Å². The number of hydrogen-bond acceptors (Lipinski definition) is 3. The maximum atomic E-state index is 13.2. The summed E-state index contributed by atoms with van der Waals surface area (Å²) in [4.78, 5) is 29.8. The van der Waals surface area contributed by atoms with E-state index in [4.69, 9.17) is 0 Å². The molecule has 5 heteroatoms. The van der Waals surface area contributed by atoms with Crippen LogP contribution in [-0.4, -0.2) is 54.3 Å². The SMILES string of the molecule is CCc1ccccc1NC(=O)CN1CCN(C(=O)C2(c3ccccc3)CC2)CC1. The molecule has 2 aromatic carbocycles. The molecule has 0 radical (unpaired) electrons. The minimum atomic E-state index is -0.301. The van der Waals surface area contributed by atoms with Crippen molar-refractivity contribution >= 4 is 17.5 Å². The Bertz CT molecular complexity index is 869. The summed E-state index contributed by atoms with van der Waals surface area (Å²) in [5.74, 6) is 0.262. The Labute approximate surface area is 172 Å². The molecule has 1 aliphatic heterocycles. The second kappa shape index (κ2) is 8.37. The molecule has 2 fully saturated rings. The van der Waals surface area contributed by atoms with Gasteiger partial charge in [0.15, 0.2) is 0 Å². The lowest BCUT2D eigenvalue weighted by atomic mass is 9.94. The monoisotopic (exact) mass is 391 g/mol. The number of hydrogen-bond donors (Lipinski definition) is 1. The van der Waals surface area contributed by atoms with Crippen molar-refractivity contribution < 1.29 is 9.59 Å². The van der Waals surface area contributed by atoms with E-state index in [1.54, 1.807) is 0 Å². The Hall–Kier alpha value is -2.66. The minimum Gasteiger partial charge on any atom is -0.339 e. The van der Waals surface area contributed by atoms with Crippen LogP contribution in [0.15, 0.2) is 54.6 Å². The summed E-state index contributed by atoms with van der Waals surface area (Å²) in [6.07, 6.45) is 2.77. The van der Waals surface area contributed by atoms with Crippen molar-refractivity contribution in [3.05, 3.63) is 65.7 Å². The molecule has 0 aromatic heterocycles. The predicted octanol–water partition coefficient (Wildman–Crippen LogP) is 3.06. The number of nitrogens with zero attached hydrogens (tertiary/aromatic N) is 2.